The van der Waals surface area contributed by atoms with Gasteiger partial charge >= 0.3 is 5.97 Å². The van der Waals surface area contributed by atoms with E-state index in [1.54, 1.807) is 28.6 Å². The van der Waals surface area contributed by atoms with Gasteiger partial charge in [-0.2, -0.15) is 0 Å². The number of carbonyl (C=O) groups is 1. The van der Waals surface area contributed by atoms with E-state index in [0.29, 0.717) is 11.2 Å². The van der Waals surface area contributed by atoms with Gasteiger partial charge in [-0.15, -0.1) is 0 Å². The zero-order chi connectivity index (χ0) is 8.65. The lowest BCUT2D eigenvalue weighted by Crippen LogP contribution is -2.36. The fourth-order valence-corrected chi connectivity index (χ4v) is 0.910. The van der Waals surface area contributed by atoms with E-state index in [2.05, 4.69) is 0 Å². The monoisotopic (exact) mass is 154 g/mol. The molecule has 1 rings (SSSR count). The van der Waals surface area contributed by atoms with Gasteiger partial charge in [0.1, 0.15) is 0 Å². The number of hydrogen-bond donors (Lipinski definition) is 0. The second-order valence-corrected chi connectivity index (χ2v) is 3.07. The summed E-state index contributed by atoms with van der Waals surface area (Å²) in [6.45, 7) is 5.18. The maximum atomic E-state index is 11.1. The summed E-state index contributed by atoms with van der Waals surface area (Å²) < 4.78 is 10.2. The Balaban J connectivity index is 2.94. The standard InChI is InChI=1S/C7H11BO3/c1-4-5(8)6(9)11-7(2,3)10-4/h8H2,1-3H3. The summed E-state index contributed by atoms with van der Waals surface area (Å²) in [5.74, 6) is -0.453. The van der Waals surface area contributed by atoms with Crippen molar-refractivity contribution in [3.63, 3.8) is 0 Å². The van der Waals surface area contributed by atoms with Crippen molar-refractivity contribution in [3.05, 3.63) is 11.2 Å². The third-order valence-corrected chi connectivity index (χ3v) is 1.57. The highest BCUT2D eigenvalue weighted by Crippen LogP contribution is 2.24. The quantitative estimate of drug-likeness (QED) is 0.368. The number of esters is 1. The Morgan fingerprint density at radius 2 is 1.91 bits per heavy atom. The second kappa shape index (κ2) is 2.29. The van der Waals surface area contributed by atoms with E-state index < -0.39 is 5.79 Å². The lowest BCUT2D eigenvalue weighted by Gasteiger charge is -2.31. The minimum Gasteiger partial charge on any atom is -0.458 e. The molecule has 0 aromatic heterocycles. The van der Waals surface area contributed by atoms with Crippen molar-refractivity contribution < 1.29 is 14.3 Å². The van der Waals surface area contributed by atoms with Crippen LogP contribution in [-0.4, -0.2) is 19.6 Å². The van der Waals surface area contributed by atoms with Gasteiger partial charge in [-0.3, -0.25) is 0 Å². The van der Waals surface area contributed by atoms with E-state index in [9.17, 15) is 4.79 Å². The summed E-state index contributed by atoms with van der Waals surface area (Å²) in [6, 6.07) is 0. The number of cyclic esters (lactones) is 1. The fraction of sp³-hybridized carbons (Fsp3) is 0.571. The third kappa shape index (κ3) is 1.56. The van der Waals surface area contributed by atoms with E-state index in [4.69, 9.17) is 9.47 Å². The van der Waals surface area contributed by atoms with Gasteiger partial charge in [-0.05, 0) is 6.92 Å². The average Bonchev–Trinajstić information content (AvgIpc) is 1.81. The summed E-state index contributed by atoms with van der Waals surface area (Å²) in [5, 5.41) is 0. The molecule has 0 unspecified atom stereocenters. The fourth-order valence-electron chi connectivity index (χ4n) is 0.910. The van der Waals surface area contributed by atoms with Gasteiger partial charge in [0.15, 0.2) is 7.85 Å². The van der Waals surface area contributed by atoms with Gasteiger partial charge in [0.25, 0.3) is 0 Å². The molecule has 1 heterocycles. The first-order chi connectivity index (χ1) is 4.92. The van der Waals surface area contributed by atoms with Crippen LogP contribution in [0.1, 0.15) is 20.8 Å². The molecule has 0 aromatic carbocycles. The molecule has 0 spiro atoms. The summed E-state index contributed by atoms with van der Waals surface area (Å²) in [7, 11) is 1.69. The lowest BCUT2D eigenvalue weighted by molar-refractivity contribution is -0.205. The van der Waals surface area contributed by atoms with Crippen LogP contribution in [0, 0.1) is 0 Å². The molecule has 0 radical (unpaired) electrons. The van der Waals surface area contributed by atoms with Crippen molar-refractivity contribution >= 4 is 13.8 Å². The zero-order valence-electron chi connectivity index (χ0n) is 7.22. The van der Waals surface area contributed by atoms with Gasteiger partial charge in [-0.25, -0.2) is 4.79 Å². The average molecular weight is 154 g/mol. The predicted molar refractivity (Wildman–Crippen MR) is 42.5 cm³/mol. The molecule has 0 fully saturated rings. The van der Waals surface area contributed by atoms with Crippen LogP contribution >= 0.6 is 0 Å². The Kier molecular flexibility index (Phi) is 1.70. The molecule has 0 atom stereocenters. The van der Waals surface area contributed by atoms with Crippen molar-refractivity contribution in [1.29, 1.82) is 0 Å². The van der Waals surface area contributed by atoms with E-state index in [0.717, 1.165) is 0 Å². The van der Waals surface area contributed by atoms with Crippen LogP contribution in [0.4, 0.5) is 0 Å². The summed E-state index contributed by atoms with van der Waals surface area (Å²) >= 11 is 0. The first-order valence-electron chi connectivity index (χ1n) is 3.52. The Bertz CT molecular complexity index is 230. The van der Waals surface area contributed by atoms with Crippen molar-refractivity contribution in [2.45, 2.75) is 26.6 Å². The first-order valence-corrected chi connectivity index (χ1v) is 3.52. The Morgan fingerprint density at radius 3 is 2.36 bits per heavy atom. The third-order valence-electron chi connectivity index (χ3n) is 1.57. The van der Waals surface area contributed by atoms with Gasteiger partial charge in [0.2, 0.25) is 5.79 Å². The van der Waals surface area contributed by atoms with E-state index in [1.165, 1.54) is 0 Å². The van der Waals surface area contributed by atoms with Crippen molar-refractivity contribution in [2.75, 3.05) is 0 Å². The number of ether oxygens (including phenoxy) is 2. The van der Waals surface area contributed by atoms with Gasteiger partial charge in [-0.1, -0.05) is 0 Å². The highest BCUT2D eigenvalue weighted by Gasteiger charge is 2.31. The first kappa shape index (κ1) is 8.17. The topological polar surface area (TPSA) is 35.5 Å². The molecule has 0 N–H and O–H groups in total. The van der Waals surface area contributed by atoms with Gasteiger partial charge < -0.3 is 9.47 Å². The molecule has 1 aliphatic heterocycles. The van der Waals surface area contributed by atoms with Gasteiger partial charge in [0, 0.05) is 19.3 Å². The Morgan fingerprint density at radius 1 is 1.36 bits per heavy atom. The maximum absolute atomic E-state index is 11.1. The van der Waals surface area contributed by atoms with Crippen LogP contribution in [0.2, 0.25) is 0 Å². The maximum Gasteiger partial charge on any atom is 0.330 e. The molecule has 0 saturated heterocycles. The molecule has 0 aliphatic carbocycles. The molecule has 1 aliphatic rings. The minimum absolute atomic E-state index is 0.293. The molecular weight excluding hydrogens is 143 g/mol. The minimum atomic E-state index is -0.805. The largest absolute Gasteiger partial charge is 0.458 e. The van der Waals surface area contributed by atoms with E-state index in [-0.39, 0.29) is 5.97 Å². The Labute approximate surface area is 66.8 Å². The number of allylic oxidation sites excluding steroid dienone is 1. The van der Waals surface area contributed by atoms with Crippen LogP contribution < -0.4 is 0 Å². The summed E-state index contributed by atoms with van der Waals surface area (Å²) in [6.07, 6.45) is 0. The zero-order valence-corrected chi connectivity index (χ0v) is 7.22. The van der Waals surface area contributed by atoms with Crippen LogP contribution in [-0.2, 0) is 14.3 Å². The smallest absolute Gasteiger partial charge is 0.330 e. The summed E-state index contributed by atoms with van der Waals surface area (Å²) in [4.78, 5) is 11.1. The van der Waals surface area contributed by atoms with Crippen LogP contribution in [0.5, 0.6) is 0 Å². The number of rotatable bonds is 0. The van der Waals surface area contributed by atoms with E-state index in [1.807, 2.05) is 0 Å². The van der Waals surface area contributed by atoms with E-state index >= 15 is 0 Å². The highest BCUT2D eigenvalue weighted by molar-refractivity contribution is 6.35. The molecule has 3 nitrogen and oxygen atoms in total. The van der Waals surface area contributed by atoms with Crippen LogP contribution in [0.3, 0.4) is 0 Å². The van der Waals surface area contributed by atoms with Gasteiger partial charge in [0.05, 0.1) is 5.76 Å². The number of hydrogen-bond acceptors (Lipinski definition) is 3. The van der Waals surface area contributed by atoms with Crippen molar-refractivity contribution in [2.24, 2.45) is 0 Å². The molecule has 0 saturated carbocycles. The number of carbonyl (C=O) groups excluding carboxylic acids is 1. The lowest BCUT2D eigenvalue weighted by atomic mass is 9.94. The molecule has 0 aromatic rings. The molecule has 4 heteroatoms. The van der Waals surface area contributed by atoms with Crippen LogP contribution in [0.15, 0.2) is 11.2 Å². The molecule has 0 bridgehead atoms. The highest BCUT2D eigenvalue weighted by atomic mass is 16.7. The molecule has 60 valence electrons. The molecule has 11 heavy (non-hydrogen) atoms. The Hall–Kier alpha value is -0.925. The predicted octanol–water partition coefficient (Wildman–Crippen LogP) is 0.160. The van der Waals surface area contributed by atoms with Crippen LogP contribution in [0.25, 0.3) is 0 Å². The SMILES string of the molecule is BC1=C(C)OC(C)(C)OC1=O. The second-order valence-electron chi connectivity index (χ2n) is 3.07. The normalized spacial score (nSPS) is 22.6. The molecular formula is C7H11BO3. The molecule has 0 amide bonds. The summed E-state index contributed by atoms with van der Waals surface area (Å²) in [5.41, 5.74) is 0.546. The van der Waals surface area contributed by atoms with Crippen molar-refractivity contribution in [3.8, 4) is 0 Å². The van der Waals surface area contributed by atoms with Crippen molar-refractivity contribution in [1.82, 2.24) is 0 Å².